The minimum atomic E-state index is -0.642. The van der Waals surface area contributed by atoms with Crippen molar-refractivity contribution in [3.8, 4) is 0 Å². The van der Waals surface area contributed by atoms with Crippen molar-refractivity contribution in [3.05, 3.63) is 59.5 Å². The van der Waals surface area contributed by atoms with E-state index in [0.29, 0.717) is 24.0 Å². The van der Waals surface area contributed by atoms with Crippen molar-refractivity contribution in [2.75, 3.05) is 10.6 Å². The lowest BCUT2D eigenvalue weighted by Crippen LogP contribution is -2.28. The molecule has 1 aliphatic carbocycles. The fraction of sp³-hybridized carbons (Fsp3) is 0.348. The summed E-state index contributed by atoms with van der Waals surface area (Å²) in [4.78, 5) is 33.0. The lowest BCUT2D eigenvalue weighted by molar-refractivity contribution is 0.0947. The van der Waals surface area contributed by atoms with E-state index in [-0.39, 0.29) is 17.5 Å². The molecule has 1 aliphatic rings. The second-order valence-corrected chi connectivity index (χ2v) is 8.93. The first-order valence-corrected chi connectivity index (χ1v) is 11.5. The van der Waals surface area contributed by atoms with E-state index in [2.05, 4.69) is 25.0 Å². The van der Waals surface area contributed by atoms with Crippen molar-refractivity contribution in [2.24, 2.45) is 11.7 Å². The minimum absolute atomic E-state index is 0.0877. The molecule has 2 heterocycles. The predicted octanol–water partition coefficient (Wildman–Crippen LogP) is 4.33. The van der Waals surface area contributed by atoms with Crippen LogP contribution in [0.2, 0.25) is 0 Å². The van der Waals surface area contributed by atoms with Gasteiger partial charge in [0, 0.05) is 18.0 Å². The molecule has 166 valence electrons. The zero-order valence-electron chi connectivity index (χ0n) is 17.9. The molecule has 9 heteroatoms. The SMILES string of the molecule is Cc1cc(Nc2nc(NC3CCC(CC(=O)c4ccccc4)CC3)cnc2C(N)=O)sn1. The number of anilines is 3. The number of aromatic nitrogens is 3. The normalized spacial score (nSPS) is 18.2. The average molecular weight is 451 g/mol. The molecule has 1 fully saturated rings. The number of amides is 1. The van der Waals surface area contributed by atoms with E-state index in [1.165, 1.54) is 17.7 Å². The van der Waals surface area contributed by atoms with Gasteiger partial charge in [-0.25, -0.2) is 9.97 Å². The Morgan fingerprint density at radius 3 is 2.56 bits per heavy atom. The van der Waals surface area contributed by atoms with Crippen LogP contribution in [-0.2, 0) is 0 Å². The Hall–Kier alpha value is -3.33. The maximum atomic E-state index is 12.5. The van der Waals surface area contributed by atoms with Crippen LogP contribution in [0.4, 0.5) is 16.6 Å². The van der Waals surface area contributed by atoms with Gasteiger partial charge in [-0.05, 0) is 56.1 Å². The molecule has 3 aromatic rings. The van der Waals surface area contributed by atoms with Crippen LogP contribution in [0.3, 0.4) is 0 Å². The number of hydrogen-bond acceptors (Lipinski definition) is 8. The number of carbonyl (C=O) groups excluding carboxylic acids is 2. The first-order chi connectivity index (χ1) is 15.5. The molecule has 0 aliphatic heterocycles. The maximum Gasteiger partial charge on any atom is 0.271 e. The second kappa shape index (κ2) is 9.86. The number of hydrogen-bond donors (Lipinski definition) is 3. The summed E-state index contributed by atoms with van der Waals surface area (Å²) in [6.45, 7) is 1.89. The summed E-state index contributed by atoms with van der Waals surface area (Å²) in [6, 6.07) is 11.6. The van der Waals surface area contributed by atoms with Crippen LogP contribution < -0.4 is 16.4 Å². The van der Waals surface area contributed by atoms with E-state index in [0.717, 1.165) is 41.9 Å². The topological polar surface area (TPSA) is 123 Å². The standard InChI is InChI=1S/C23H26N6O2S/c1-14-11-20(32-29-14)28-23-21(22(24)31)25-13-19(27-23)26-17-9-7-15(8-10-17)12-18(30)16-5-3-2-4-6-16/h2-6,11,13,15,17H,7-10,12H2,1H3,(H2,24,31)(H2,26,27,28). The van der Waals surface area contributed by atoms with E-state index in [9.17, 15) is 9.59 Å². The summed E-state index contributed by atoms with van der Waals surface area (Å²) < 4.78 is 4.23. The first kappa shape index (κ1) is 21.9. The van der Waals surface area contributed by atoms with Gasteiger partial charge in [-0.2, -0.15) is 4.37 Å². The van der Waals surface area contributed by atoms with Gasteiger partial charge in [0.15, 0.2) is 17.3 Å². The van der Waals surface area contributed by atoms with Crippen LogP contribution in [0, 0.1) is 12.8 Å². The number of aryl methyl sites for hydroxylation is 1. The quantitative estimate of drug-likeness (QED) is 0.437. The third-order valence-corrected chi connectivity index (χ3v) is 6.44. The lowest BCUT2D eigenvalue weighted by Gasteiger charge is -2.29. The van der Waals surface area contributed by atoms with Gasteiger partial charge in [0.1, 0.15) is 10.8 Å². The first-order valence-electron chi connectivity index (χ1n) is 10.7. The predicted molar refractivity (Wildman–Crippen MR) is 125 cm³/mol. The number of benzene rings is 1. The summed E-state index contributed by atoms with van der Waals surface area (Å²) in [5.74, 6) is 0.868. The summed E-state index contributed by atoms with van der Waals surface area (Å²) in [7, 11) is 0. The number of nitrogens with one attached hydrogen (secondary N) is 2. The van der Waals surface area contributed by atoms with Crippen molar-refractivity contribution in [1.29, 1.82) is 0 Å². The molecule has 1 saturated carbocycles. The molecule has 0 saturated heterocycles. The minimum Gasteiger partial charge on any atom is -0.366 e. The molecule has 0 unspecified atom stereocenters. The molecule has 0 bridgehead atoms. The van der Waals surface area contributed by atoms with Crippen LogP contribution in [0.5, 0.6) is 0 Å². The third-order valence-electron chi connectivity index (χ3n) is 5.64. The average Bonchev–Trinajstić information content (AvgIpc) is 3.20. The zero-order valence-corrected chi connectivity index (χ0v) is 18.7. The fourth-order valence-corrected chi connectivity index (χ4v) is 4.65. The van der Waals surface area contributed by atoms with Crippen LogP contribution in [-0.4, -0.2) is 32.1 Å². The number of nitrogens with two attached hydrogens (primary N) is 1. The molecule has 0 atom stereocenters. The van der Waals surface area contributed by atoms with Gasteiger partial charge >= 0.3 is 0 Å². The van der Waals surface area contributed by atoms with Crippen molar-refractivity contribution < 1.29 is 9.59 Å². The maximum absolute atomic E-state index is 12.5. The summed E-state index contributed by atoms with van der Waals surface area (Å²) in [5.41, 5.74) is 7.21. The van der Waals surface area contributed by atoms with Gasteiger partial charge in [-0.15, -0.1) is 0 Å². The Morgan fingerprint density at radius 2 is 1.91 bits per heavy atom. The fourth-order valence-electron chi connectivity index (χ4n) is 3.99. The van der Waals surface area contributed by atoms with E-state index in [1.54, 1.807) is 0 Å². The Morgan fingerprint density at radius 1 is 1.16 bits per heavy atom. The molecule has 4 N–H and O–H groups in total. The van der Waals surface area contributed by atoms with Crippen LogP contribution in [0.25, 0.3) is 0 Å². The van der Waals surface area contributed by atoms with Gasteiger partial charge in [0.05, 0.1) is 11.9 Å². The van der Waals surface area contributed by atoms with E-state index in [1.807, 2.05) is 43.3 Å². The number of ketones is 1. The van der Waals surface area contributed by atoms with Crippen molar-refractivity contribution >= 4 is 39.9 Å². The molecular formula is C23H26N6O2S. The second-order valence-electron chi connectivity index (χ2n) is 8.13. The Balaban J connectivity index is 1.36. The van der Waals surface area contributed by atoms with Crippen LogP contribution in [0.15, 0.2) is 42.6 Å². The van der Waals surface area contributed by atoms with Gasteiger partial charge in [0.2, 0.25) is 0 Å². The number of nitrogens with zero attached hydrogens (tertiary/aromatic N) is 3. The van der Waals surface area contributed by atoms with Crippen molar-refractivity contribution in [2.45, 2.75) is 45.1 Å². The smallest absolute Gasteiger partial charge is 0.271 e. The van der Waals surface area contributed by atoms with Gasteiger partial charge in [-0.3, -0.25) is 9.59 Å². The number of primary amides is 1. The highest BCUT2D eigenvalue weighted by molar-refractivity contribution is 7.10. The van der Waals surface area contributed by atoms with E-state index in [4.69, 9.17) is 5.73 Å². The largest absolute Gasteiger partial charge is 0.366 e. The molecule has 32 heavy (non-hydrogen) atoms. The molecule has 4 rings (SSSR count). The molecule has 1 amide bonds. The van der Waals surface area contributed by atoms with Gasteiger partial charge < -0.3 is 16.4 Å². The van der Waals surface area contributed by atoms with E-state index < -0.39 is 5.91 Å². The molecule has 8 nitrogen and oxygen atoms in total. The summed E-state index contributed by atoms with van der Waals surface area (Å²) >= 11 is 1.28. The molecule has 2 aromatic heterocycles. The lowest BCUT2D eigenvalue weighted by atomic mass is 9.82. The molecule has 1 aromatic carbocycles. The number of rotatable bonds is 8. The third kappa shape index (κ3) is 5.47. The molecule has 0 spiro atoms. The Labute approximate surface area is 190 Å². The number of Topliss-reactive ketones (excluding diaryl/α,β-unsaturated/α-hetero) is 1. The van der Waals surface area contributed by atoms with Gasteiger partial charge in [-0.1, -0.05) is 30.3 Å². The van der Waals surface area contributed by atoms with Crippen molar-refractivity contribution in [3.63, 3.8) is 0 Å². The Bertz CT molecular complexity index is 1090. The number of carbonyl (C=O) groups is 2. The monoisotopic (exact) mass is 450 g/mol. The molecular weight excluding hydrogens is 424 g/mol. The van der Waals surface area contributed by atoms with Crippen LogP contribution >= 0.6 is 11.5 Å². The van der Waals surface area contributed by atoms with Gasteiger partial charge in [0.25, 0.3) is 5.91 Å². The highest BCUT2D eigenvalue weighted by Crippen LogP contribution is 2.30. The van der Waals surface area contributed by atoms with Crippen LogP contribution in [0.1, 0.15) is 58.6 Å². The Kier molecular flexibility index (Phi) is 6.75. The highest BCUT2D eigenvalue weighted by atomic mass is 32.1. The summed E-state index contributed by atoms with van der Waals surface area (Å²) in [5, 5.41) is 7.29. The van der Waals surface area contributed by atoms with E-state index >= 15 is 0 Å². The molecule has 0 radical (unpaired) electrons. The van der Waals surface area contributed by atoms with Crippen molar-refractivity contribution in [1.82, 2.24) is 14.3 Å². The summed E-state index contributed by atoms with van der Waals surface area (Å²) in [6.07, 6.45) is 5.98. The highest BCUT2D eigenvalue weighted by Gasteiger charge is 2.24. The zero-order chi connectivity index (χ0) is 22.5.